The number of hydrogen-bond donors (Lipinski definition) is 2. The molecule has 0 bridgehead atoms. The van der Waals surface area contributed by atoms with Crippen molar-refractivity contribution in [2.45, 2.75) is 24.4 Å². The highest BCUT2D eigenvalue weighted by Crippen LogP contribution is 2.38. The standard InChI is InChI=1S/C20H21ClF3N3O2/c21-16-4-2-1-3-15(16)19(7-11-29-12-8-19)18(28)26-10-9-25-17-6-5-14(13-27-17)20(22,23)24/h1-6,13H,7-12H2,(H,25,27)(H,26,28). The van der Waals surface area contributed by atoms with Gasteiger partial charge in [0, 0.05) is 37.5 Å². The van der Waals surface area contributed by atoms with Gasteiger partial charge in [-0.05, 0) is 36.6 Å². The van der Waals surface area contributed by atoms with Gasteiger partial charge < -0.3 is 15.4 Å². The van der Waals surface area contributed by atoms with Gasteiger partial charge in [-0.2, -0.15) is 13.2 Å². The van der Waals surface area contributed by atoms with Crippen LogP contribution in [0.1, 0.15) is 24.0 Å². The normalized spacial score (nSPS) is 16.3. The Kier molecular flexibility index (Phi) is 6.64. The predicted molar refractivity (Wildman–Crippen MR) is 104 cm³/mol. The van der Waals surface area contributed by atoms with E-state index in [1.807, 2.05) is 18.2 Å². The van der Waals surface area contributed by atoms with Crippen LogP contribution in [-0.4, -0.2) is 37.2 Å². The van der Waals surface area contributed by atoms with Gasteiger partial charge in [0.2, 0.25) is 5.91 Å². The second kappa shape index (κ2) is 9.00. The summed E-state index contributed by atoms with van der Waals surface area (Å²) < 4.78 is 43.1. The third-order valence-electron chi connectivity index (χ3n) is 4.98. The van der Waals surface area contributed by atoms with E-state index in [9.17, 15) is 18.0 Å². The van der Waals surface area contributed by atoms with Crippen LogP contribution in [0.3, 0.4) is 0 Å². The summed E-state index contributed by atoms with van der Waals surface area (Å²) in [4.78, 5) is 16.8. The third kappa shape index (κ3) is 5.00. The topological polar surface area (TPSA) is 63.2 Å². The van der Waals surface area contributed by atoms with Crippen molar-refractivity contribution in [3.05, 3.63) is 58.7 Å². The maximum absolute atomic E-state index is 13.0. The molecular formula is C20H21ClF3N3O2. The Morgan fingerprint density at radius 3 is 2.48 bits per heavy atom. The molecule has 2 N–H and O–H groups in total. The Morgan fingerprint density at radius 2 is 1.86 bits per heavy atom. The van der Waals surface area contributed by atoms with E-state index in [0.29, 0.717) is 43.4 Å². The Hall–Kier alpha value is -2.32. The summed E-state index contributed by atoms with van der Waals surface area (Å²) in [5, 5.41) is 6.34. The van der Waals surface area contributed by atoms with Gasteiger partial charge in [-0.1, -0.05) is 29.8 Å². The van der Waals surface area contributed by atoms with Gasteiger partial charge in [0.05, 0.1) is 11.0 Å². The molecule has 1 aliphatic rings. The number of pyridine rings is 1. The minimum Gasteiger partial charge on any atom is -0.381 e. The molecular weight excluding hydrogens is 407 g/mol. The Balaban J connectivity index is 1.59. The van der Waals surface area contributed by atoms with Crippen LogP contribution in [-0.2, 0) is 21.1 Å². The van der Waals surface area contributed by atoms with E-state index in [1.54, 1.807) is 6.07 Å². The number of benzene rings is 1. The zero-order valence-corrected chi connectivity index (χ0v) is 16.3. The molecule has 0 saturated carbocycles. The van der Waals surface area contributed by atoms with Crippen LogP contribution < -0.4 is 10.6 Å². The summed E-state index contributed by atoms with van der Waals surface area (Å²) in [5.41, 5.74) is -0.791. The third-order valence-corrected chi connectivity index (χ3v) is 5.31. The largest absolute Gasteiger partial charge is 0.417 e. The SMILES string of the molecule is O=C(NCCNc1ccc(C(F)(F)F)cn1)C1(c2ccccc2Cl)CCOCC1. The molecule has 0 radical (unpaired) electrons. The molecule has 1 fully saturated rings. The van der Waals surface area contributed by atoms with Crippen molar-refractivity contribution in [1.82, 2.24) is 10.3 Å². The second-order valence-corrected chi connectivity index (χ2v) is 7.19. The first-order valence-corrected chi connectivity index (χ1v) is 9.59. The number of alkyl halides is 3. The van der Waals surface area contributed by atoms with Crippen LogP contribution in [0.4, 0.5) is 19.0 Å². The molecule has 2 heterocycles. The Morgan fingerprint density at radius 1 is 1.14 bits per heavy atom. The van der Waals surface area contributed by atoms with Crippen LogP contribution in [0.2, 0.25) is 5.02 Å². The van der Waals surface area contributed by atoms with Crippen molar-refractivity contribution in [1.29, 1.82) is 0 Å². The molecule has 1 aromatic heterocycles. The van der Waals surface area contributed by atoms with E-state index in [1.165, 1.54) is 6.07 Å². The van der Waals surface area contributed by atoms with Crippen LogP contribution in [0.15, 0.2) is 42.6 Å². The molecule has 1 amide bonds. The number of aromatic nitrogens is 1. The second-order valence-electron chi connectivity index (χ2n) is 6.79. The first-order valence-electron chi connectivity index (χ1n) is 9.21. The number of hydrogen-bond acceptors (Lipinski definition) is 4. The molecule has 0 unspecified atom stereocenters. The van der Waals surface area contributed by atoms with Crippen LogP contribution >= 0.6 is 11.6 Å². The van der Waals surface area contributed by atoms with Crippen LogP contribution in [0.25, 0.3) is 0 Å². The van der Waals surface area contributed by atoms with Gasteiger partial charge in [-0.25, -0.2) is 4.98 Å². The van der Waals surface area contributed by atoms with Crippen LogP contribution in [0.5, 0.6) is 0 Å². The predicted octanol–water partition coefficient (Wildman–Crippen LogP) is 4.03. The highest BCUT2D eigenvalue weighted by molar-refractivity contribution is 6.31. The van der Waals surface area contributed by atoms with Crippen molar-refractivity contribution in [3.8, 4) is 0 Å². The molecule has 29 heavy (non-hydrogen) atoms. The van der Waals surface area contributed by atoms with Crippen molar-refractivity contribution in [3.63, 3.8) is 0 Å². The molecule has 156 valence electrons. The van der Waals surface area contributed by atoms with E-state index in [2.05, 4.69) is 15.6 Å². The fourth-order valence-electron chi connectivity index (χ4n) is 3.39. The average Bonchev–Trinajstić information content (AvgIpc) is 2.71. The summed E-state index contributed by atoms with van der Waals surface area (Å²) in [6.45, 7) is 1.53. The van der Waals surface area contributed by atoms with Gasteiger partial charge in [0.15, 0.2) is 0 Å². The molecule has 0 spiro atoms. The molecule has 1 aromatic carbocycles. The van der Waals surface area contributed by atoms with Crippen molar-refractivity contribution in [2.75, 3.05) is 31.6 Å². The number of halogens is 4. The van der Waals surface area contributed by atoms with E-state index in [-0.39, 0.29) is 12.5 Å². The molecule has 2 aromatic rings. The lowest BCUT2D eigenvalue weighted by Gasteiger charge is -2.36. The molecule has 3 rings (SSSR count). The minimum atomic E-state index is -4.42. The lowest BCUT2D eigenvalue weighted by molar-refractivity contribution is -0.137. The van der Waals surface area contributed by atoms with Crippen molar-refractivity contribution >= 4 is 23.3 Å². The number of anilines is 1. The average molecular weight is 428 g/mol. The van der Waals surface area contributed by atoms with Gasteiger partial charge in [-0.3, -0.25) is 4.79 Å². The van der Waals surface area contributed by atoms with Crippen molar-refractivity contribution in [2.24, 2.45) is 0 Å². The number of ether oxygens (including phenoxy) is 1. The highest BCUT2D eigenvalue weighted by atomic mass is 35.5. The Bertz CT molecular complexity index is 838. The van der Waals surface area contributed by atoms with E-state index >= 15 is 0 Å². The molecule has 0 atom stereocenters. The number of rotatable bonds is 6. The first-order chi connectivity index (χ1) is 13.8. The maximum Gasteiger partial charge on any atom is 0.417 e. The number of carbonyl (C=O) groups excluding carboxylic acids is 1. The lowest BCUT2D eigenvalue weighted by atomic mass is 9.73. The summed E-state index contributed by atoms with van der Waals surface area (Å²) in [6.07, 6.45) is -2.60. The smallest absolute Gasteiger partial charge is 0.381 e. The zero-order valence-electron chi connectivity index (χ0n) is 15.6. The zero-order chi connectivity index (χ0) is 20.9. The van der Waals surface area contributed by atoms with Crippen molar-refractivity contribution < 1.29 is 22.7 Å². The number of nitrogens with zero attached hydrogens (tertiary/aromatic N) is 1. The number of nitrogens with one attached hydrogen (secondary N) is 2. The minimum absolute atomic E-state index is 0.143. The molecule has 5 nitrogen and oxygen atoms in total. The van der Waals surface area contributed by atoms with E-state index in [4.69, 9.17) is 16.3 Å². The van der Waals surface area contributed by atoms with Gasteiger partial charge in [0.25, 0.3) is 0 Å². The van der Waals surface area contributed by atoms with E-state index < -0.39 is 17.2 Å². The van der Waals surface area contributed by atoms with Gasteiger partial charge in [0.1, 0.15) is 5.82 Å². The number of carbonyl (C=O) groups is 1. The summed E-state index contributed by atoms with van der Waals surface area (Å²) in [5.74, 6) is 0.162. The fourth-order valence-corrected chi connectivity index (χ4v) is 3.71. The summed E-state index contributed by atoms with van der Waals surface area (Å²) in [6, 6.07) is 9.51. The lowest BCUT2D eigenvalue weighted by Crippen LogP contribution is -2.49. The van der Waals surface area contributed by atoms with Gasteiger partial charge >= 0.3 is 6.18 Å². The summed E-state index contributed by atoms with van der Waals surface area (Å²) >= 11 is 6.36. The Labute approximate surface area is 171 Å². The molecule has 0 aliphatic carbocycles. The monoisotopic (exact) mass is 427 g/mol. The number of amides is 1. The summed E-state index contributed by atoms with van der Waals surface area (Å²) in [7, 11) is 0. The highest BCUT2D eigenvalue weighted by Gasteiger charge is 2.42. The quantitative estimate of drug-likeness (QED) is 0.683. The molecule has 1 aliphatic heterocycles. The molecule has 1 saturated heterocycles. The maximum atomic E-state index is 13.0. The van der Waals surface area contributed by atoms with Crippen LogP contribution in [0, 0.1) is 0 Å². The fraction of sp³-hybridized carbons (Fsp3) is 0.400. The van der Waals surface area contributed by atoms with Gasteiger partial charge in [-0.15, -0.1) is 0 Å². The molecule has 9 heteroatoms. The first kappa shape index (κ1) is 21.4. The van der Waals surface area contributed by atoms with E-state index in [0.717, 1.165) is 17.8 Å².